The minimum Gasteiger partial charge on any atom is -0.497 e. The molecule has 0 aliphatic rings. The van der Waals surface area contributed by atoms with Gasteiger partial charge in [0, 0.05) is 23.1 Å². The van der Waals surface area contributed by atoms with Crippen LogP contribution >= 0.6 is 23.2 Å². The molecule has 0 saturated heterocycles. The third-order valence-corrected chi connectivity index (χ3v) is 8.99. The molecule has 0 heterocycles. The summed E-state index contributed by atoms with van der Waals surface area (Å²) in [4.78, 5) is 28.5. The Morgan fingerprint density at radius 1 is 1.00 bits per heavy atom. The molecule has 1 N–H and O–H groups in total. The number of ether oxygens (including phenoxy) is 1. The maximum atomic E-state index is 14.1. The van der Waals surface area contributed by atoms with Crippen LogP contribution in [0.5, 0.6) is 5.75 Å². The van der Waals surface area contributed by atoms with E-state index in [0.717, 1.165) is 29.3 Å². The number of methoxy groups -OCH3 is 1. The topological polar surface area (TPSA) is 96.0 Å². The number of nitrogens with zero attached hydrogens (tertiary/aromatic N) is 2. The number of carbonyl (C=O) groups excluding carboxylic acids is 2. The van der Waals surface area contributed by atoms with E-state index in [1.807, 2.05) is 6.92 Å². The van der Waals surface area contributed by atoms with E-state index >= 15 is 0 Å². The zero-order chi connectivity index (χ0) is 30.9. The van der Waals surface area contributed by atoms with Gasteiger partial charge in [0.2, 0.25) is 11.8 Å². The molecule has 42 heavy (non-hydrogen) atoms. The molecule has 8 nitrogen and oxygen atoms in total. The number of carbonyl (C=O) groups is 2. The van der Waals surface area contributed by atoms with Crippen LogP contribution in [0.3, 0.4) is 0 Å². The number of nitrogens with one attached hydrogen (secondary N) is 1. The largest absolute Gasteiger partial charge is 0.497 e. The van der Waals surface area contributed by atoms with Crippen molar-refractivity contribution >= 4 is 50.7 Å². The van der Waals surface area contributed by atoms with Crippen LogP contribution < -0.4 is 14.4 Å². The van der Waals surface area contributed by atoms with Crippen molar-refractivity contribution in [2.45, 2.75) is 50.6 Å². The predicted molar refractivity (Wildman–Crippen MR) is 163 cm³/mol. The smallest absolute Gasteiger partial charge is 0.264 e. The van der Waals surface area contributed by atoms with Gasteiger partial charge in [-0.3, -0.25) is 13.9 Å². The number of amides is 2. The average Bonchev–Trinajstić information content (AvgIpc) is 2.97. The molecule has 0 spiro atoms. The van der Waals surface area contributed by atoms with E-state index in [1.165, 1.54) is 54.5 Å². The van der Waals surface area contributed by atoms with Crippen molar-refractivity contribution in [2.75, 3.05) is 24.5 Å². The molecule has 0 aromatic heterocycles. The summed E-state index contributed by atoms with van der Waals surface area (Å²) in [5.74, 6) is -1.14. The number of halogens is 3. The van der Waals surface area contributed by atoms with Crippen molar-refractivity contribution in [3.63, 3.8) is 0 Å². The van der Waals surface area contributed by atoms with Crippen LogP contribution in [0.1, 0.15) is 38.7 Å². The van der Waals surface area contributed by atoms with E-state index in [0.29, 0.717) is 27.9 Å². The molecule has 0 saturated carbocycles. The van der Waals surface area contributed by atoms with Crippen LogP contribution in [0.4, 0.5) is 10.1 Å². The summed E-state index contributed by atoms with van der Waals surface area (Å²) in [7, 11) is -2.86. The first-order valence-corrected chi connectivity index (χ1v) is 15.6. The fourth-order valence-corrected chi connectivity index (χ4v) is 6.15. The lowest BCUT2D eigenvalue weighted by atomic mass is 10.1. The fraction of sp³-hybridized carbons (Fsp3) is 0.333. The highest BCUT2D eigenvalue weighted by molar-refractivity contribution is 7.92. The Morgan fingerprint density at radius 3 is 2.24 bits per heavy atom. The Morgan fingerprint density at radius 2 is 1.67 bits per heavy atom. The van der Waals surface area contributed by atoms with Crippen molar-refractivity contribution in [1.29, 1.82) is 0 Å². The molecule has 0 fully saturated rings. The minimum absolute atomic E-state index is 0.0745. The summed E-state index contributed by atoms with van der Waals surface area (Å²) in [6.07, 6.45) is 1.89. The van der Waals surface area contributed by atoms with Gasteiger partial charge in [-0.15, -0.1) is 0 Å². The van der Waals surface area contributed by atoms with Crippen LogP contribution in [0.25, 0.3) is 0 Å². The summed E-state index contributed by atoms with van der Waals surface area (Å²) in [6, 6.07) is 14.3. The van der Waals surface area contributed by atoms with Gasteiger partial charge in [0.1, 0.15) is 24.2 Å². The van der Waals surface area contributed by atoms with Crippen molar-refractivity contribution < 1.29 is 27.1 Å². The van der Waals surface area contributed by atoms with E-state index in [9.17, 15) is 22.4 Å². The second-order valence-electron chi connectivity index (χ2n) is 9.49. The molecule has 0 aliphatic heterocycles. The van der Waals surface area contributed by atoms with Gasteiger partial charge in [0.15, 0.2) is 0 Å². The van der Waals surface area contributed by atoms with Crippen LogP contribution in [0, 0.1) is 5.82 Å². The molecule has 12 heteroatoms. The lowest BCUT2D eigenvalue weighted by Gasteiger charge is -2.33. The van der Waals surface area contributed by atoms with E-state index in [4.69, 9.17) is 27.9 Å². The van der Waals surface area contributed by atoms with Gasteiger partial charge >= 0.3 is 0 Å². The number of benzene rings is 3. The van der Waals surface area contributed by atoms with E-state index in [-0.39, 0.29) is 29.5 Å². The highest BCUT2D eigenvalue weighted by Crippen LogP contribution is 2.28. The summed E-state index contributed by atoms with van der Waals surface area (Å²) in [5, 5.41) is 3.56. The predicted octanol–water partition coefficient (Wildman–Crippen LogP) is 6.06. The molecule has 3 aromatic rings. The van der Waals surface area contributed by atoms with Gasteiger partial charge in [-0.2, -0.15) is 0 Å². The maximum absolute atomic E-state index is 14.1. The number of anilines is 1. The van der Waals surface area contributed by atoms with E-state index in [1.54, 1.807) is 19.1 Å². The maximum Gasteiger partial charge on any atom is 0.264 e. The number of sulfonamides is 1. The standard InChI is InChI=1S/C30H34Cl2FN3O5S/c1-4-6-17-34-30(38)28(5-2)35(19-21-7-8-22(31)18-27(21)32)29(37)20-36(24-11-9-23(33)10-12-24)42(39,40)26-15-13-25(41-3)14-16-26/h7-16,18,28H,4-6,17,19-20H2,1-3H3,(H,34,38)/t28-/m1/s1. The van der Waals surface area contributed by atoms with Gasteiger partial charge in [-0.25, -0.2) is 12.8 Å². The quantitative estimate of drug-likeness (QED) is 0.217. The van der Waals surface area contributed by atoms with E-state index < -0.39 is 34.3 Å². The average molecular weight is 639 g/mol. The van der Waals surface area contributed by atoms with Gasteiger partial charge in [-0.1, -0.05) is 49.5 Å². The van der Waals surface area contributed by atoms with E-state index in [2.05, 4.69) is 5.32 Å². The number of hydrogen-bond acceptors (Lipinski definition) is 5. The third kappa shape index (κ3) is 8.36. The Bertz CT molecular complexity index is 1470. The molecule has 2 amide bonds. The molecule has 226 valence electrons. The third-order valence-electron chi connectivity index (χ3n) is 6.61. The van der Waals surface area contributed by atoms with Crippen molar-refractivity contribution in [3.05, 3.63) is 88.2 Å². The monoisotopic (exact) mass is 637 g/mol. The van der Waals surface area contributed by atoms with Gasteiger partial charge in [0.05, 0.1) is 17.7 Å². The molecule has 1 atom stereocenters. The molecule has 3 rings (SSSR count). The molecular weight excluding hydrogens is 604 g/mol. The Balaban J connectivity index is 2.05. The highest BCUT2D eigenvalue weighted by Gasteiger charge is 2.34. The summed E-state index contributed by atoms with van der Waals surface area (Å²) in [5.41, 5.74) is 0.603. The van der Waals surface area contributed by atoms with Crippen LogP contribution in [0.15, 0.2) is 71.6 Å². The second-order valence-corrected chi connectivity index (χ2v) is 12.2. The molecule has 3 aromatic carbocycles. The zero-order valence-corrected chi connectivity index (χ0v) is 26.0. The lowest BCUT2D eigenvalue weighted by molar-refractivity contribution is -0.140. The normalized spacial score (nSPS) is 12.0. The van der Waals surface area contributed by atoms with Gasteiger partial charge in [-0.05, 0) is 79.1 Å². The molecule has 0 radical (unpaired) electrons. The Hall–Kier alpha value is -3.34. The first kappa shape index (κ1) is 33.2. The van der Waals surface area contributed by atoms with Crippen LogP contribution in [0.2, 0.25) is 10.0 Å². The molecule has 0 bridgehead atoms. The second kappa shape index (κ2) is 15.2. The fourth-order valence-electron chi connectivity index (χ4n) is 4.27. The summed E-state index contributed by atoms with van der Waals surface area (Å²) in [6.45, 7) is 3.45. The first-order chi connectivity index (χ1) is 20.0. The molecule has 0 unspecified atom stereocenters. The molecule has 0 aliphatic carbocycles. The Kier molecular flexibility index (Phi) is 12.0. The number of hydrogen-bond donors (Lipinski definition) is 1. The first-order valence-electron chi connectivity index (χ1n) is 13.4. The zero-order valence-electron chi connectivity index (χ0n) is 23.6. The summed E-state index contributed by atoms with van der Waals surface area (Å²) >= 11 is 12.5. The van der Waals surface area contributed by atoms with Crippen LogP contribution in [-0.2, 0) is 26.2 Å². The number of unbranched alkanes of at least 4 members (excludes halogenated alkanes) is 1. The lowest BCUT2D eigenvalue weighted by Crippen LogP contribution is -2.52. The minimum atomic E-state index is -4.31. The van der Waals surface area contributed by atoms with Gasteiger partial charge < -0.3 is 15.0 Å². The molecular formula is C30H34Cl2FN3O5S. The Labute approximate surface area is 256 Å². The van der Waals surface area contributed by atoms with Crippen molar-refractivity contribution in [2.24, 2.45) is 0 Å². The summed E-state index contributed by atoms with van der Waals surface area (Å²) < 4.78 is 47.6. The number of rotatable bonds is 14. The van der Waals surface area contributed by atoms with Crippen LogP contribution in [-0.4, -0.2) is 51.4 Å². The van der Waals surface area contributed by atoms with Crippen molar-refractivity contribution in [1.82, 2.24) is 10.2 Å². The SMILES string of the molecule is CCCCNC(=O)[C@@H](CC)N(Cc1ccc(Cl)cc1Cl)C(=O)CN(c1ccc(F)cc1)S(=O)(=O)c1ccc(OC)cc1. The van der Waals surface area contributed by atoms with Gasteiger partial charge in [0.25, 0.3) is 10.0 Å². The van der Waals surface area contributed by atoms with Crippen molar-refractivity contribution in [3.8, 4) is 5.75 Å². The highest BCUT2D eigenvalue weighted by atomic mass is 35.5.